The van der Waals surface area contributed by atoms with Gasteiger partial charge >= 0.3 is 0 Å². The van der Waals surface area contributed by atoms with Gasteiger partial charge in [0.05, 0.1) is 0 Å². The molecule has 21 heavy (non-hydrogen) atoms. The lowest BCUT2D eigenvalue weighted by molar-refractivity contribution is 0.0759. The number of carbonyl (C=O) groups excluding carboxylic acids is 1. The number of aryl methyl sites for hydroxylation is 2. The fourth-order valence-electron chi connectivity index (χ4n) is 2.31. The van der Waals surface area contributed by atoms with E-state index < -0.39 is 0 Å². The molecule has 0 aliphatic rings. The van der Waals surface area contributed by atoms with Crippen LogP contribution in [0.3, 0.4) is 0 Å². The number of hydrogen-bond donors (Lipinski definition) is 0. The van der Waals surface area contributed by atoms with Crippen LogP contribution in [0.25, 0.3) is 0 Å². The quantitative estimate of drug-likeness (QED) is 0.819. The Balaban J connectivity index is 2.04. The molecule has 0 saturated carbocycles. The third kappa shape index (κ3) is 3.68. The maximum absolute atomic E-state index is 12.5. The molecule has 2 rings (SSSR count). The first kappa shape index (κ1) is 15.2. The predicted octanol–water partition coefficient (Wildman–Crippen LogP) is 2.31. The van der Waals surface area contributed by atoms with Crippen molar-refractivity contribution >= 4 is 5.91 Å². The SMILES string of the molecule is CCN(CCc1ccncc1)C(=O)c1cc(C)n(CC)n1. The highest BCUT2D eigenvalue weighted by atomic mass is 16.2. The Kier molecular flexibility index (Phi) is 5.09. The number of likely N-dealkylation sites (N-methyl/N-ethyl adjacent to an activating group) is 1. The van der Waals surface area contributed by atoms with Crippen molar-refractivity contribution in [2.75, 3.05) is 13.1 Å². The van der Waals surface area contributed by atoms with Crippen molar-refractivity contribution in [3.63, 3.8) is 0 Å². The zero-order chi connectivity index (χ0) is 15.2. The molecule has 0 saturated heterocycles. The largest absolute Gasteiger partial charge is 0.337 e. The van der Waals surface area contributed by atoms with Crippen molar-refractivity contribution in [3.05, 3.63) is 47.5 Å². The third-order valence-electron chi connectivity index (χ3n) is 3.59. The van der Waals surface area contributed by atoms with Crippen LogP contribution in [0.1, 0.15) is 35.6 Å². The molecule has 0 aliphatic carbocycles. The normalized spacial score (nSPS) is 10.6. The van der Waals surface area contributed by atoms with E-state index in [-0.39, 0.29) is 5.91 Å². The van der Waals surface area contributed by atoms with Crippen LogP contribution in [0.5, 0.6) is 0 Å². The summed E-state index contributed by atoms with van der Waals surface area (Å²) in [5, 5.41) is 4.37. The van der Waals surface area contributed by atoms with E-state index in [1.165, 1.54) is 5.56 Å². The van der Waals surface area contributed by atoms with Crippen molar-refractivity contribution in [1.29, 1.82) is 0 Å². The molecule has 112 valence electrons. The van der Waals surface area contributed by atoms with E-state index in [2.05, 4.69) is 10.1 Å². The predicted molar refractivity (Wildman–Crippen MR) is 82.2 cm³/mol. The molecular weight excluding hydrogens is 264 g/mol. The lowest BCUT2D eigenvalue weighted by atomic mass is 10.2. The second kappa shape index (κ2) is 7.02. The Labute approximate surface area is 125 Å². The number of aromatic nitrogens is 3. The molecule has 0 fully saturated rings. The van der Waals surface area contributed by atoms with Crippen LogP contribution in [-0.2, 0) is 13.0 Å². The Morgan fingerprint density at radius 1 is 1.29 bits per heavy atom. The summed E-state index contributed by atoms with van der Waals surface area (Å²) in [5.74, 6) is 0.00172. The number of nitrogens with zero attached hydrogens (tertiary/aromatic N) is 4. The summed E-state index contributed by atoms with van der Waals surface area (Å²) in [5.41, 5.74) is 2.74. The highest BCUT2D eigenvalue weighted by Crippen LogP contribution is 2.08. The van der Waals surface area contributed by atoms with Gasteiger partial charge in [0.1, 0.15) is 0 Å². The average molecular weight is 286 g/mol. The molecule has 2 heterocycles. The van der Waals surface area contributed by atoms with E-state index >= 15 is 0 Å². The van der Waals surface area contributed by atoms with E-state index in [0.717, 1.165) is 18.7 Å². The minimum absolute atomic E-state index is 0.00172. The lowest BCUT2D eigenvalue weighted by Crippen LogP contribution is -2.33. The van der Waals surface area contributed by atoms with Crippen molar-refractivity contribution < 1.29 is 4.79 Å². The molecular formula is C16H22N4O. The van der Waals surface area contributed by atoms with Crippen molar-refractivity contribution in [2.45, 2.75) is 33.7 Å². The number of rotatable bonds is 6. The van der Waals surface area contributed by atoms with Crippen LogP contribution in [0, 0.1) is 6.92 Å². The highest BCUT2D eigenvalue weighted by Gasteiger charge is 2.18. The first-order valence-electron chi connectivity index (χ1n) is 7.38. The second-order valence-corrected chi connectivity index (χ2v) is 4.98. The molecule has 0 bridgehead atoms. The fraction of sp³-hybridized carbons (Fsp3) is 0.438. The highest BCUT2D eigenvalue weighted by molar-refractivity contribution is 5.92. The summed E-state index contributed by atoms with van der Waals surface area (Å²) >= 11 is 0. The third-order valence-corrected chi connectivity index (χ3v) is 3.59. The van der Waals surface area contributed by atoms with Gasteiger partial charge in [0.2, 0.25) is 0 Å². The topological polar surface area (TPSA) is 51.0 Å². The van der Waals surface area contributed by atoms with Gasteiger partial charge in [-0.3, -0.25) is 14.5 Å². The van der Waals surface area contributed by atoms with Crippen LogP contribution in [0.4, 0.5) is 0 Å². The minimum Gasteiger partial charge on any atom is -0.337 e. The molecule has 1 amide bonds. The molecule has 0 unspecified atom stereocenters. The molecule has 0 aliphatic heterocycles. The van der Waals surface area contributed by atoms with E-state index in [9.17, 15) is 4.79 Å². The Morgan fingerprint density at radius 2 is 2.00 bits per heavy atom. The molecule has 0 aromatic carbocycles. The van der Waals surface area contributed by atoms with Gasteiger partial charge in [0.15, 0.2) is 5.69 Å². The van der Waals surface area contributed by atoms with E-state index in [4.69, 9.17) is 0 Å². The average Bonchev–Trinajstić information content (AvgIpc) is 2.89. The van der Waals surface area contributed by atoms with Crippen LogP contribution in [0.2, 0.25) is 0 Å². The first-order valence-corrected chi connectivity index (χ1v) is 7.38. The van der Waals surface area contributed by atoms with Gasteiger partial charge in [-0.1, -0.05) is 0 Å². The van der Waals surface area contributed by atoms with Crippen LogP contribution in [0.15, 0.2) is 30.6 Å². The summed E-state index contributed by atoms with van der Waals surface area (Å²) < 4.78 is 1.85. The maximum Gasteiger partial charge on any atom is 0.274 e. The van der Waals surface area contributed by atoms with Gasteiger partial charge in [-0.25, -0.2) is 0 Å². The molecule has 0 spiro atoms. The van der Waals surface area contributed by atoms with Gasteiger partial charge in [0, 0.05) is 37.7 Å². The summed E-state index contributed by atoms with van der Waals surface area (Å²) in [6.07, 6.45) is 4.38. The zero-order valence-corrected chi connectivity index (χ0v) is 12.9. The minimum atomic E-state index is 0.00172. The summed E-state index contributed by atoms with van der Waals surface area (Å²) in [6.45, 7) is 8.14. The molecule has 5 heteroatoms. The first-order chi connectivity index (χ1) is 10.2. The van der Waals surface area contributed by atoms with Gasteiger partial charge in [0.25, 0.3) is 5.91 Å². The summed E-state index contributed by atoms with van der Waals surface area (Å²) in [4.78, 5) is 18.4. The lowest BCUT2D eigenvalue weighted by Gasteiger charge is -2.19. The molecule has 2 aromatic rings. The van der Waals surface area contributed by atoms with E-state index in [0.29, 0.717) is 18.8 Å². The second-order valence-electron chi connectivity index (χ2n) is 4.98. The van der Waals surface area contributed by atoms with E-state index in [1.54, 1.807) is 12.4 Å². The van der Waals surface area contributed by atoms with Crippen LogP contribution in [-0.4, -0.2) is 38.7 Å². The summed E-state index contributed by atoms with van der Waals surface area (Å²) in [6, 6.07) is 5.82. The standard InChI is InChI=1S/C16H22N4O/c1-4-19(11-8-14-6-9-17-10-7-14)16(21)15-12-13(3)20(5-2)18-15/h6-7,9-10,12H,4-5,8,11H2,1-3H3. The van der Waals surface area contributed by atoms with Crippen LogP contribution >= 0.6 is 0 Å². The number of carbonyl (C=O) groups is 1. The van der Waals surface area contributed by atoms with Gasteiger partial charge in [-0.2, -0.15) is 5.10 Å². The Bertz CT molecular complexity index is 592. The molecule has 0 atom stereocenters. The van der Waals surface area contributed by atoms with Gasteiger partial charge in [-0.05, 0) is 51.0 Å². The van der Waals surface area contributed by atoms with Crippen molar-refractivity contribution in [2.24, 2.45) is 0 Å². The molecule has 0 radical (unpaired) electrons. The van der Waals surface area contributed by atoms with Gasteiger partial charge in [-0.15, -0.1) is 0 Å². The number of pyridine rings is 1. The monoisotopic (exact) mass is 286 g/mol. The molecule has 5 nitrogen and oxygen atoms in total. The molecule has 0 N–H and O–H groups in total. The smallest absolute Gasteiger partial charge is 0.274 e. The van der Waals surface area contributed by atoms with E-state index in [1.807, 2.05) is 48.6 Å². The zero-order valence-electron chi connectivity index (χ0n) is 12.9. The van der Waals surface area contributed by atoms with Gasteiger partial charge < -0.3 is 4.90 Å². The maximum atomic E-state index is 12.5. The fourth-order valence-corrected chi connectivity index (χ4v) is 2.31. The molecule has 2 aromatic heterocycles. The number of amides is 1. The Morgan fingerprint density at radius 3 is 2.57 bits per heavy atom. The van der Waals surface area contributed by atoms with Crippen molar-refractivity contribution in [1.82, 2.24) is 19.7 Å². The van der Waals surface area contributed by atoms with Crippen molar-refractivity contribution in [3.8, 4) is 0 Å². The number of hydrogen-bond acceptors (Lipinski definition) is 3. The van der Waals surface area contributed by atoms with Crippen LogP contribution < -0.4 is 0 Å². The Hall–Kier alpha value is -2.17. The summed E-state index contributed by atoms with van der Waals surface area (Å²) in [7, 11) is 0.